The lowest BCUT2D eigenvalue weighted by Crippen LogP contribution is -2.41. The van der Waals surface area contributed by atoms with Crippen molar-refractivity contribution < 1.29 is 9.53 Å². The largest absolute Gasteiger partial charge is 0.378 e. The molecule has 2 aromatic heterocycles. The Bertz CT molecular complexity index is 1010. The van der Waals surface area contributed by atoms with E-state index in [4.69, 9.17) is 27.9 Å². The maximum atomic E-state index is 12.5. The lowest BCUT2D eigenvalue weighted by molar-refractivity contribution is -0.132. The summed E-state index contributed by atoms with van der Waals surface area (Å²) < 4.78 is 7.16. The van der Waals surface area contributed by atoms with Crippen molar-refractivity contribution in [3.63, 3.8) is 0 Å². The zero-order valence-corrected chi connectivity index (χ0v) is 17.6. The zero-order valence-electron chi connectivity index (χ0n) is 15.3. The number of aromatic nitrogens is 4. The first-order valence-electron chi connectivity index (χ1n) is 8.93. The van der Waals surface area contributed by atoms with Crippen LogP contribution in [0, 0.1) is 0 Å². The van der Waals surface area contributed by atoms with Gasteiger partial charge in [-0.3, -0.25) is 14.3 Å². The van der Waals surface area contributed by atoms with Crippen molar-refractivity contribution in [2.24, 2.45) is 0 Å². The van der Waals surface area contributed by atoms with Gasteiger partial charge in [0.2, 0.25) is 5.91 Å². The minimum absolute atomic E-state index is 0.0462. The summed E-state index contributed by atoms with van der Waals surface area (Å²) in [6, 6.07) is 9.04. The van der Waals surface area contributed by atoms with E-state index in [0.717, 1.165) is 11.3 Å². The first-order chi connectivity index (χ1) is 14.1. The quantitative estimate of drug-likeness (QED) is 0.554. The fourth-order valence-corrected chi connectivity index (χ4v) is 4.08. The Morgan fingerprint density at radius 1 is 1.14 bits per heavy atom. The molecule has 4 rings (SSSR count). The standard InChI is InChI=1S/C19H17Cl2N5O2S/c20-15-4-3-14(10-16(15)21)26-18(13-2-1-5-22-11-13)23-24-19(26)29-12-17(27)25-6-8-28-9-7-25/h1-5,10-11H,6-9,12H2. The van der Waals surface area contributed by atoms with E-state index >= 15 is 0 Å². The molecule has 0 spiro atoms. The average Bonchev–Trinajstić information content (AvgIpc) is 3.19. The molecule has 10 heteroatoms. The van der Waals surface area contributed by atoms with Crippen molar-refractivity contribution in [2.45, 2.75) is 5.16 Å². The van der Waals surface area contributed by atoms with Gasteiger partial charge >= 0.3 is 0 Å². The molecule has 0 unspecified atom stereocenters. The third-order valence-corrected chi connectivity index (χ3v) is 6.06. The molecule has 0 aliphatic carbocycles. The second-order valence-electron chi connectivity index (χ2n) is 6.26. The predicted molar refractivity (Wildman–Crippen MR) is 113 cm³/mol. The van der Waals surface area contributed by atoms with Gasteiger partial charge in [-0.25, -0.2) is 0 Å². The van der Waals surface area contributed by atoms with Crippen molar-refractivity contribution in [1.82, 2.24) is 24.6 Å². The summed E-state index contributed by atoms with van der Waals surface area (Å²) in [4.78, 5) is 18.5. The molecule has 29 heavy (non-hydrogen) atoms. The predicted octanol–water partition coefficient (Wildman–Crippen LogP) is 3.59. The van der Waals surface area contributed by atoms with Crippen LogP contribution in [0.15, 0.2) is 47.9 Å². The van der Waals surface area contributed by atoms with Gasteiger partial charge in [-0.1, -0.05) is 35.0 Å². The Morgan fingerprint density at radius 2 is 1.97 bits per heavy atom. The first kappa shape index (κ1) is 20.2. The van der Waals surface area contributed by atoms with Crippen LogP contribution >= 0.6 is 35.0 Å². The number of amides is 1. The number of thioether (sulfide) groups is 1. The van der Waals surface area contributed by atoms with Crippen molar-refractivity contribution in [1.29, 1.82) is 0 Å². The van der Waals surface area contributed by atoms with Crippen LogP contribution in [0.3, 0.4) is 0 Å². The highest BCUT2D eigenvalue weighted by molar-refractivity contribution is 7.99. The average molecular weight is 450 g/mol. The Morgan fingerprint density at radius 3 is 2.69 bits per heavy atom. The number of morpholine rings is 1. The molecule has 1 amide bonds. The Kier molecular flexibility index (Phi) is 6.34. The molecule has 0 N–H and O–H groups in total. The maximum Gasteiger partial charge on any atom is 0.233 e. The molecular formula is C19H17Cl2N5O2S. The lowest BCUT2D eigenvalue weighted by atomic mass is 10.2. The number of pyridine rings is 1. The minimum Gasteiger partial charge on any atom is -0.378 e. The van der Waals surface area contributed by atoms with Gasteiger partial charge in [0, 0.05) is 31.0 Å². The van der Waals surface area contributed by atoms with E-state index in [-0.39, 0.29) is 11.7 Å². The van der Waals surface area contributed by atoms with Crippen LogP contribution in [0.5, 0.6) is 0 Å². The topological polar surface area (TPSA) is 73.1 Å². The van der Waals surface area contributed by atoms with Gasteiger partial charge < -0.3 is 9.64 Å². The molecule has 0 atom stereocenters. The first-order valence-corrected chi connectivity index (χ1v) is 10.7. The highest BCUT2D eigenvalue weighted by atomic mass is 35.5. The molecule has 3 heterocycles. The van der Waals surface area contributed by atoms with Crippen molar-refractivity contribution in [2.75, 3.05) is 32.1 Å². The fraction of sp³-hybridized carbons (Fsp3) is 0.263. The molecule has 0 saturated carbocycles. The molecule has 0 bridgehead atoms. The van der Waals surface area contributed by atoms with Crippen LogP contribution in [0.2, 0.25) is 10.0 Å². The number of carbonyl (C=O) groups excluding carboxylic acids is 1. The molecule has 1 aliphatic heterocycles. The van der Waals surface area contributed by atoms with E-state index in [1.54, 1.807) is 29.4 Å². The van der Waals surface area contributed by atoms with Crippen molar-refractivity contribution in [3.05, 3.63) is 52.8 Å². The van der Waals surface area contributed by atoms with Gasteiger partial charge in [0.05, 0.1) is 34.7 Å². The van der Waals surface area contributed by atoms with E-state index in [9.17, 15) is 4.79 Å². The highest BCUT2D eigenvalue weighted by Gasteiger charge is 2.21. The molecule has 3 aromatic rings. The Balaban J connectivity index is 1.65. The number of benzene rings is 1. The third-order valence-electron chi connectivity index (χ3n) is 4.40. The molecule has 1 fully saturated rings. The van der Waals surface area contributed by atoms with Crippen LogP contribution in [-0.2, 0) is 9.53 Å². The van der Waals surface area contributed by atoms with Crippen molar-refractivity contribution in [3.8, 4) is 17.1 Å². The minimum atomic E-state index is 0.0462. The number of hydrogen-bond donors (Lipinski definition) is 0. The summed E-state index contributed by atoms with van der Waals surface area (Å²) in [5.74, 6) is 0.912. The van der Waals surface area contributed by atoms with Crippen LogP contribution in [0.25, 0.3) is 17.1 Å². The lowest BCUT2D eigenvalue weighted by Gasteiger charge is -2.26. The van der Waals surface area contributed by atoms with Crippen LogP contribution in [-0.4, -0.2) is 62.6 Å². The summed E-state index contributed by atoms with van der Waals surface area (Å²) in [5, 5.41) is 10.1. The molecule has 0 radical (unpaired) electrons. The number of carbonyl (C=O) groups is 1. The van der Waals surface area contributed by atoms with Crippen LogP contribution in [0.1, 0.15) is 0 Å². The van der Waals surface area contributed by atoms with Gasteiger partial charge in [-0.05, 0) is 30.3 Å². The van der Waals surface area contributed by atoms with Gasteiger partial charge in [-0.2, -0.15) is 0 Å². The number of ether oxygens (including phenoxy) is 1. The fourth-order valence-electron chi connectivity index (χ4n) is 2.93. The van der Waals surface area contributed by atoms with E-state index in [2.05, 4.69) is 15.2 Å². The van der Waals surface area contributed by atoms with E-state index in [1.807, 2.05) is 22.8 Å². The normalized spacial score (nSPS) is 14.2. The summed E-state index contributed by atoms with van der Waals surface area (Å²) in [7, 11) is 0. The summed E-state index contributed by atoms with van der Waals surface area (Å²) in [6.07, 6.45) is 3.41. The summed E-state index contributed by atoms with van der Waals surface area (Å²) >= 11 is 13.6. The van der Waals surface area contributed by atoms with Gasteiger partial charge in [0.1, 0.15) is 0 Å². The Hall–Kier alpha value is -2.13. The smallest absolute Gasteiger partial charge is 0.233 e. The second kappa shape index (κ2) is 9.13. The van der Waals surface area contributed by atoms with Gasteiger partial charge in [0.15, 0.2) is 11.0 Å². The maximum absolute atomic E-state index is 12.5. The number of rotatable bonds is 5. The third kappa shape index (κ3) is 4.56. The van der Waals surface area contributed by atoms with Gasteiger partial charge in [0.25, 0.3) is 0 Å². The van der Waals surface area contributed by atoms with Crippen LogP contribution < -0.4 is 0 Å². The summed E-state index contributed by atoms with van der Waals surface area (Å²) in [6.45, 7) is 2.36. The molecule has 1 aromatic carbocycles. The SMILES string of the molecule is O=C(CSc1nnc(-c2cccnc2)n1-c1ccc(Cl)c(Cl)c1)N1CCOCC1. The summed E-state index contributed by atoms with van der Waals surface area (Å²) in [5.41, 5.74) is 1.56. The zero-order chi connectivity index (χ0) is 20.2. The van der Waals surface area contributed by atoms with Crippen LogP contribution in [0.4, 0.5) is 0 Å². The second-order valence-corrected chi connectivity index (χ2v) is 8.02. The van der Waals surface area contributed by atoms with E-state index in [0.29, 0.717) is 47.3 Å². The Labute approximate surface area is 182 Å². The molecular weight excluding hydrogens is 433 g/mol. The highest BCUT2D eigenvalue weighted by Crippen LogP contribution is 2.31. The molecule has 1 aliphatic rings. The molecule has 7 nitrogen and oxygen atoms in total. The molecule has 150 valence electrons. The molecule has 1 saturated heterocycles. The number of hydrogen-bond acceptors (Lipinski definition) is 6. The van der Waals surface area contributed by atoms with Gasteiger partial charge in [-0.15, -0.1) is 10.2 Å². The monoisotopic (exact) mass is 449 g/mol. The van der Waals surface area contributed by atoms with E-state index < -0.39 is 0 Å². The number of halogens is 2. The number of nitrogens with zero attached hydrogens (tertiary/aromatic N) is 5. The van der Waals surface area contributed by atoms with E-state index in [1.165, 1.54) is 11.8 Å². The van der Waals surface area contributed by atoms with Crippen molar-refractivity contribution >= 4 is 40.9 Å².